The third-order valence-corrected chi connectivity index (χ3v) is 2.14. The van der Waals surface area contributed by atoms with E-state index in [2.05, 4.69) is 0 Å². The number of anilines is 1. The molecule has 1 aromatic rings. The molecule has 0 spiro atoms. The third-order valence-electron chi connectivity index (χ3n) is 2.14. The number of hydrogen-bond donors (Lipinski definition) is 1. The first-order valence-corrected chi connectivity index (χ1v) is 5.49. The monoisotopic (exact) mass is 243 g/mol. The van der Waals surface area contributed by atoms with Crippen molar-refractivity contribution in [3.63, 3.8) is 0 Å². The quantitative estimate of drug-likeness (QED) is 0.559. The summed E-state index contributed by atoms with van der Waals surface area (Å²) in [4.78, 5) is 0. The number of nitrogen functional groups attached to an aromatic ring is 1. The number of halogens is 1. The van der Waals surface area contributed by atoms with Crippen LogP contribution in [0.1, 0.15) is 6.42 Å². The van der Waals surface area contributed by atoms with Gasteiger partial charge < -0.3 is 19.9 Å². The second kappa shape index (κ2) is 7.86. The van der Waals surface area contributed by atoms with Crippen molar-refractivity contribution in [1.29, 1.82) is 0 Å². The van der Waals surface area contributed by atoms with Crippen LogP contribution in [-0.4, -0.2) is 33.5 Å². The predicted octanol–water partition coefficient (Wildman–Crippen LogP) is 1.84. The van der Waals surface area contributed by atoms with Crippen molar-refractivity contribution in [2.45, 2.75) is 6.42 Å². The summed E-state index contributed by atoms with van der Waals surface area (Å²) in [6.07, 6.45) is 0.722. The van der Waals surface area contributed by atoms with Gasteiger partial charge in [-0.1, -0.05) is 6.07 Å². The summed E-state index contributed by atoms with van der Waals surface area (Å²) in [6, 6.07) is 4.51. The summed E-state index contributed by atoms with van der Waals surface area (Å²) < 4.78 is 28.5. The highest BCUT2D eigenvalue weighted by molar-refractivity contribution is 5.53. The van der Waals surface area contributed by atoms with Gasteiger partial charge in [0.15, 0.2) is 0 Å². The molecular weight excluding hydrogens is 225 g/mol. The van der Waals surface area contributed by atoms with E-state index in [4.69, 9.17) is 19.9 Å². The second-order valence-electron chi connectivity index (χ2n) is 3.46. The molecule has 0 aliphatic carbocycles. The number of rotatable bonds is 8. The minimum atomic E-state index is -0.459. The van der Waals surface area contributed by atoms with E-state index in [9.17, 15) is 4.39 Å². The zero-order valence-corrected chi connectivity index (χ0v) is 9.95. The highest BCUT2D eigenvalue weighted by Gasteiger charge is 2.04. The summed E-state index contributed by atoms with van der Waals surface area (Å²) in [5.41, 5.74) is 5.56. The van der Waals surface area contributed by atoms with E-state index >= 15 is 0 Å². The Balaban J connectivity index is 2.16. The first-order chi connectivity index (χ1) is 8.25. The Hall–Kier alpha value is -1.33. The Kier molecular flexibility index (Phi) is 6.35. The second-order valence-corrected chi connectivity index (χ2v) is 3.46. The third kappa shape index (κ3) is 5.01. The van der Waals surface area contributed by atoms with Gasteiger partial charge in [0.25, 0.3) is 0 Å². The Labute approximate surface area is 100 Å². The fourth-order valence-electron chi connectivity index (χ4n) is 1.23. The van der Waals surface area contributed by atoms with Crippen LogP contribution in [-0.2, 0) is 9.47 Å². The van der Waals surface area contributed by atoms with Gasteiger partial charge in [0, 0.05) is 20.1 Å². The molecule has 1 rings (SSSR count). The lowest BCUT2D eigenvalue weighted by atomic mass is 10.3. The SMILES string of the molecule is COCCOCCCOc1cccc(F)c1N. The first kappa shape index (κ1) is 13.7. The van der Waals surface area contributed by atoms with E-state index in [-0.39, 0.29) is 5.69 Å². The van der Waals surface area contributed by atoms with Crippen LogP contribution in [0.3, 0.4) is 0 Å². The lowest BCUT2D eigenvalue weighted by Gasteiger charge is -2.09. The van der Waals surface area contributed by atoms with E-state index in [1.165, 1.54) is 6.07 Å². The van der Waals surface area contributed by atoms with Crippen LogP contribution in [0.2, 0.25) is 0 Å². The van der Waals surface area contributed by atoms with Gasteiger partial charge >= 0.3 is 0 Å². The normalized spacial score (nSPS) is 10.5. The molecule has 0 radical (unpaired) electrons. The maximum absolute atomic E-state index is 13.1. The van der Waals surface area contributed by atoms with Gasteiger partial charge in [-0.05, 0) is 12.1 Å². The Morgan fingerprint density at radius 2 is 2.00 bits per heavy atom. The van der Waals surface area contributed by atoms with E-state index in [0.717, 1.165) is 6.42 Å². The smallest absolute Gasteiger partial charge is 0.149 e. The molecule has 0 atom stereocenters. The molecule has 5 heteroatoms. The van der Waals surface area contributed by atoms with Crippen molar-refractivity contribution in [2.24, 2.45) is 0 Å². The van der Waals surface area contributed by atoms with Crippen molar-refractivity contribution in [2.75, 3.05) is 39.3 Å². The van der Waals surface area contributed by atoms with Gasteiger partial charge in [-0.25, -0.2) is 4.39 Å². The molecule has 2 N–H and O–H groups in total. The van der Waals surface area contributed by atoms with Crippen molar-refractivity contribution in [3.8, 4) is 5.75 Å². The Morgan fingerprint density at radius 1 is 1.18 bits per heavy atom. The van der Waals surface area contributed by atoms with Gasteiger partial charge in [-0.15, -0.1) is 0 Å². The van der Waals surface area contributed by atoms with Crippen LogP contribution in [0.5, 0.6) is 5.75 Å². The van der Waals surface area contributed by atoms with Crippen molar-refractivity contribution in [1.82, 2.24) is 0 Å². The van der Waals surface area contributed by atoms with Crippen LogP contribution in [0.4, 0.5) is 10.1 Å². The van der Waals surface area contributed by atoms with Gasteiger partial charge in [0.05, 0.1) is 19.8 Å². The number of methoxy groups -OCH3 is 1. The predicted molar refractivity (Wildman–Crippen MR) is 63.6 cm³/mol. The Morgan fingerprint density at radius 3 is 2.76 bits per heavy atom. The van der Waals surface area contributed by atoms with Crippen molar-refractivity contribution in [3.05, 3.63) is 24.0 Å². The average Bonchev–Trinajstić information content (AvgIpc) is 2.33. The lowest BCUT2D eigenvalue weighted by molar-refractivity contribution is 0.0644. The van der Waals surface area contributed by atoms with Gasteiger partial charge in [0.1, 0.15) is 17.3 Å². The maximum Gasteiger partial charge on any atom is 0.149 e. The number of hydrogen-bond acceptors (Lipinski definition) is 4. The highest BCUT2D eigenvalue weighted by Crippen LogP contribution is 2.23. The van der Waals surface area contributed by atoms with Gasteiger partial charge in [-0.2, -0.15) is 0 Å². The number of nitrogens with two attached hydrogens (primary N) is 1. The molecular formula is C12H18FNO3. The minimum absolute atomic E-state index is 0.0489. The van der Waals surface area contributed by atoms with Crippen LogP contribution in [0.15, 0.2) is 18.2 Å². The number of ether oxygens (including phenoxy) is 3. The van der Waals surface area contributed by atoms with Gasteiger partial charge in [0.2, 0.25) is 0 Å². The summed E-state index contributed by atoms with van der Waals surface area (Å²) in [5, 5.41) is 0. The molecule has 0 aliphatic heterocycles. The topological polar surface area (TPSA) is 53.7 Å². The molecule has 0 bridgehead atoms. The molecule has 0 unspecified atom stereocenters. The van der Waals surface area contributed by atoms with Gasteiger partial charge in [-0.3, -0.25) is 0 Å². The molecule has 1 aromatic carbocycles. The number of para-hydroxylation sites is 1. The Bertz CT molecular complexity index is 334. The fourth-order valence-corrected chi connectivity index (χ4v) is 1.23. The summed E-state index contributed by atoms with van der Waals surface area (Å²) in [7, 11) is 1.62. The number of benzene rings is 1. The fraction of sp³-hybridized carbons (Fsp3) is 0.500. The summed E-state index contributed by atoms with van der Waals surface area (Å²) >= 11 is 0. The first-order valence-electron chi connectivity index (χ1n) is 5.49. The average molecular weight is 243 g/mol. The molecule has 0 saturated carbocycles. The molecule has 96 valence electrons. The van der Waals surface area contributed by atoms with E-state index in [1.807, 2.05) is 0 Å². The molecule has 0 aromatic heterocycles. The largest absolute Gasteiger partial charge is 0.491 e. The van der Waals surface area contributed by atoms with Crippen LogP contribution in [0, 0.1) is 5.82 Å². The van der Waals surface area contributed by atoms with Crippen molar-refractivity contribution < 1.29 is 18.6 Å². The minimum Gasteiger partial charge on any atom is -0.491 e. The van der Waals surface area contributed by atoms with E-state index < -0.39 is 5.82 Å². The zero-order valence-electron chi connectivity index (χ0n) is 9.95. The molecule has 17 heavy (non-hydrogen) atoms. The molecule has 0 fully saturated rings. The van der Waals surface area contributed by atoms with Crippen LogP contribution in [0.25, 0.3) is 0 Å². The molecule has 0 amide bonds. The van der Waals surface area contributed by atoms with Crippen LogP contribution >= 0.6 is 0 Å². The zero-order chi connectivity index (χ0) is 12.5. The summed E-state index contributed by atoms with van der Waals surface area (Å²) in [5.74, 6) is -0.0827. The molecule has 0 heterocycles. The lowest BCUT2D eigenvalue weighted by Crippen LogP contribution is -2.07. The summed E-state index contributed by atoms with van der Waals surface area (Å²) in [6.45, 7) is 2.18. The van der Waals surface area contributed by atoms with Crippen LogP contribution < -0.4 is 10.5 Å². The molecule has 0 aliphatic rings. The molecule has 0 saturated heterocycles. The van der Waals surface area contributed by atoms with E-state index in [0.29, 0.717) is 32.2 Å². The maximum atomic E-state index is 13.1. The van der Waals surface area contributed by atoms with E-state index in [1.54, 1.807) is 19.2 Å². The molecule has 4 nitrogen and oxygen atoms in total. The standard InChI is InChI=1S/C12H18FNO3/c1-15-8-9-16-6-3-7-17-11-5-2-4-10(13)12(11)14/h2,4-5H,3,6-9,14H2,1H3. The highest BCUT2D eigenvalue weighted by atomic mass is 19.1. The van der Waals surface area contributed by atoms with Crippen molar-refractivity contribution >= 4 is 5.69 Å².